The highest BCUT2D eigenvalue weighted by molar-refractivity contribution is 6.20. The average Bonchev–Trinajstić information content (AvgIpc) is 3.58. The molecule has 1 spiro atoms. The lowest BCUT2D eigenvalue weighted by Gasteiger charge is -2.45. The van der Waals surface area contributed by atoms with Crippen LogP contribution in [0.1, 0.15) is 45.1 Å². The fourth-order valence-corrected chi connectivity index (χ4v) is 9.11. The third-order valence-electron chi connectivity index (χ3n) is 11.5. The Hall–Kier alpha value is -7.30. The molecular formula is C52H35N4-. The van der Waals surface area contributed by atoms with Crippen LogP contribution in [0.5, 0.6) is 0 Å². The van der Waals surface area contributed by atoms with Crippen LogP contribution in [0.15, 0.2) is 216 Å². The topological polar surface area (TPSA) is 42.1 Å². The molecule has 0 N–H and O–H groups in total. The van der Waals surface area contributed by atoms with Crippen LogP contribution in [0, 0.1) is 0 Å². The van der Waals surface area contributed by atoms with Crippen LogP contribution in [0.4, 0.5) is 17.1 Å². The average molecular weight is 716 g/mol. The Labute approximate surface area is 326 Å². The number of hydrogen-bond donors (Lipinski definition) is 0. The summed E-state index contributed by atoms with van der Waals surface area (Å²) < 4.78 is 0. The molecule has 56 heavy (non-hydrogen) atoms. The van der Waals surface area contributed by atoms with Gasteiger partial charge in [0.1, 0.15) is 0 Å². The zero-order valence-electron chi connectivity index (χ0n) is 30.5. The number of aliphatic imine (C=N–C) groups is 2. The first-order chi connectivity index (χ1) is 27.8. The van der Waals surface area contributed by atoms with E-state index in [4.69, 9.17) is 15.3 Å². The number of benzene rings is 8. The van der Waals surface area contributed by atoms with Crippen molar-refractivity contribution in [2.24, 2.45) is 9.98 Å². The number of fused-ring (bicyclic) bond motifs is 9. The normalized spacial score (nSPS) is 15.8. The summed E-state index contributed by atoms with van der Waals surface area (Å²) >= 11 is 0. The Bertz CT molecular complexity index is 2780. The molecule has 0 saturated heterocycles. The highest BCUT2D eigenvalue weighted by Crippen LogP contribution is 2.64. The number of rotatable bonds is 5. The van der Waals surface area contributed by atoms with E-state index in [1.807, 2.05) is 24.3 Å². The third-order valence-corrected chi connectivity index (χ3v) is 11.5. The smallest absolute Gasteiger partial charge is 0.0822 e. The molecule has 0 amide bonds. The Kier molecular flexibility index (Phi) is 7.42. The van der Waals surface area contributed by atoms with E-state index in [-0.39, 0.29) is 0 Å². The molecule has 0 fully saturated rings. The van der Waals surface area contributed by atoms with Crippen LogP contribution in [0.25, 0.3) is 27.6 Å². The number of nitrogens with zero attached hydrogens (tertiary/aromatic N) is 4. The van der Waals surface area contributed by atoms with Crippen molar-refractivity contribution in [2.75, 3.05) is 4.90 Å². The molecule has 1 unspecified atom stereocenters. The van der Waals surface area contributed by atoms with Crippen LogP contribution in [-0.2, 0) is 5.41 Å². The van der Waals surface area contributed by atoms with Crippen molar-refractivity contribution in [3.63, 3.8) is 0 Å². The van der Waals surface area contributed by atoms with Crippen molar-refractivity contribution in [1.82, 2.24) is 0 Å². The van der Waals surface area contributed by atoms with Gasteiger partial charge in [-0.3, -0.25) is 4.99 Å². The lowest BCUT2D eigenvalue weighted by molar-refractivity contribution is 0.750. The van der Waals surface area contributed by atoms with Gasteiger partial charge in [-0.15, -0.1) is 0 Å². The minimum absolute atomic E-state index is 0.474. The minimum Gasteiger partial charge on any atom is -0.438 e. The second kappa shape index (κ2) is 12.9. The molecule has 1 atom stereocenters. The van der Waals surface area contributed by atoms with Crippen molar-refractivity contribution in [3.8, 4) is 22.3 Å². The summed E-state index contributed by atoms with van der Waals surface area (Å²) in [7, 11) is 0. The van der Waals surface area contributed by atoms with Crippen LogP contribution < -0.4 is 4.90 Å². The summed E-state index contributed by atoms with van der Waals surface area (Å²) in [6, 6.07) is 73.5. The van der Waals surface area contributed by atoms with Gasteiger partial charge in [0.15, 0.2) is 0 Å². The molecular weight excluding hydrogens is 681 g/mol. The van der Waals surface area contributed by atoms with Crippen molar-refractivity contribution in [3.05, 3.63) is 251 Å². The highest BCUT2D eigenvalue weighted by atomic mass is 15.2. The molecule has 0 aromatic heterocycles. The second-order valence-corrected chi connectivity index (χ2v) is 14.5. The Morgan fingerprint density at radius 3 is 1.62 bits per heavy atom. The van der Waals surface area contributed by atoms with Gasteiger partial charge < -0.3 is 15.2 Å². The summed E-state index contributed by atoms with van der Waals surface area (Å²) in [6.07, 6.45) is -0.474. The van der Waals surface area contributed by atoms with E-state index in [9.17, 15) is 0 Å². The fourth-order valence-electron chi connectivity index (χ4n) is 9.11. The minimum atomic E-state index is -0.645. The summed E-state index contributed by atoms with van der Waals surface area (Å²) in [5.74, 6) is 1.36. The third kappa shape index (κ3) is 4.86. The molecule has 8 aromatic carbocycles. The summed E-state index contributed by atoms with van der Waals surface area (Å²) in [5.41, 5.74) is 15.4. The molecule has 0 saturated carbocycles. The number of amidine groups is 2. The van der Waals surface area contributed by atoms with Gasteiger partial charge in [0.2, 0.25) is 0 Å². The van der Waals surface area contributed by atoms with Crippen LogP contribution in [0.2, 0.25) is 0 Å². The van der Waals surface area contributed by atoms with Gasteiger partial charge >= 0.3 is 0 Å². The first-order valence-electron chi connectivity index (χ1n) is 19.1. The van der Waals surface area contributed by atoms with E-state index in [2.05, 4.69) is 187 Å². The second-order valence-electron chi connectivity index (χ2n) is 14.5. The van der Waals surface area contributed by atoms with Crippen molar-refractivity contribution >= 4 is 28.7 Å². The molecule has 264 valence electrons. The van der Waals surface area contributed by atoms with Gasteiger partial charge in [-0.25, -0.2) is 0 Å². The van der Waals surface area contributed by atoms with Gasteiger partial charge in [0.25, 0.3) is 0 Å². The Morgan fingerprint density at radius 2 is 0.946 bits per heavy atom. The molecule has 11 rings (SSSR count). The van der Waals surface area contributed by atoms with Gasteiger partial charge in [-0.2, -0.15) is 0 Å². The number of hydrogen-bond acceptors (Lipinski definition) is 3. The largest absolute Gasteiger partial charge is 0.438 e. The molecule has 0 bridgehead atoms. The van der Waals surface area contributed by atoms with Gasteiger partial charge in [0, 0.05) is 11.3 Å². The molecule has 2 heterocycles. The first-order valence-corrected chi connectivity index (χ1v) is 19.1. The van der Waals surface area contributed by atoms with Gasteiger partial charge in [-0.05, 0) is 79.9 Å². The number of para-hydroxylation sites is 3. The van der Waals surface area contributed by atoms with E-state index in [1.165, 1.54) is 38.9 Å². The molecule has 3 aliphatic rings. The molecule has 4 heteroatoms. The molecule has 8 aromatic rings. The lowest BCUT2D eigenvalue weighted by Crippen LogP contribution is -2.37. The maximum atomic E-state index is 5.45. The van der Waals surface area contributed by atoms with E-state index in [0.717, 1.165) is 39.3 Å². The summed E-state index contributed by atoms with van der Waals surface area (Å²) in [6.45, 7) is 0. The van der Waals surface area contributed by atoms with Crippen molar-refractivity contribution < 1.29 is 0 Å². The SMILES string of the molecule is c1ccc(C2=NC(c3cccc4c3C3(c5ccccc5-4)c4ccccc4N(c4ccccc4)c4ccccc43)=NC(c3ccc(-c4ccccc4)cc3)[N-]2)cc1. The first kappa shape index (κ1) is 32.2. The van der Waals surface area contributed by atoms with E-state index >= 15 is 0 Å². The van der Waals surface area contributed by atoms with Crippen LogP contribution in [-0.4, -0.2) is 11.7 Å². The Balaban J connectivity index is 1.16. The fraction of sp³-hybridized carbons (Fsp3) is 0.0385. The monoisotopic (exact) mass is 715 g/mol. The van der Waals surface area contributed by atoms with E-state index in [0.29, 0.717) is 11.7 Å². The zero-order chi connectivity index (χ0) is 37.1. The van der Waals surface area contributed by atoms with Gasteiger partial charge in [0.05, 0.1) is 28.8 Å². The predicted octanol–water partition coefficient (Wildman–Crippen LogP) is 12.8. The Morgan fingerprint density at radius 1 is 0.429 bits per heavy atom. The zero-order valence-corrected chi connectivity index (χ0v) is 30.5. The standard InChI is InChI=1S/C52H35N4/c1-4-17-35(18-5-1)36-31-33-38(34-32-36)50-53-49(37-19-6-2-7-20-37)54-51(55-50)42-25-16-24-41-40-23-10-11-26-43(40)52(48(41)42)44-27-12-14-29-46(44)56(39-21-8-3-9-22-39)47-30-15-13-28-45(47)52/h1-34,50H/q-1. The summed E-state index contributed by atoms with van der Waals surface area (Å²) in [5, 5.41) is 5.21. The molecule has 0 radical (unpaired) electrons. The molecule has 1 aliphatic carbocycles. The summed E-state index contributed by atoms with van der Waals surface area (Å²) in [4.78, 5) is 13.2. The van der Waals surface area contributed by atoms with Crippen LogP contribution in [0.3, 0.4) is 0 Å². The maximum absolute atomic E-state index is 5.45. The van der Waals surface area contributed by atoms with Crippen molar-refractivity contribution in [1.29, 1.82) is 0 Å². The number of anilines is 3. The van der Waals surface area contributed by atoms with Crippen LogP contribution >= 0.6 is 0 Å². The maximum Gasteiger partial charge on any atom is 0.0822 e. The lowest BCUT2D eigenvalue weighted by atomic mass is 9.63. The van der Waals surface area contributed by atoms with E-state index < -0.39 is 11.6 Å². The van der Waals surface area contributed by atoms with Gasteiger partial charge in [-0.1, -0.05) is 188 Å². The van der Waals surface area contributed by atoms with E-state index in [1.54, 1.807) is 0 Å². The molecule has 4 nitrogen and oxygen atoms in total. The highest BCUT2D eigenvalue weighted by Gasteiger charge is 2.52. The van der Waals surface area contributed by atoms with Crippen molar-refractivity contribution in [2.45, 2.75) is 11.6 Å². The molecule has 2 aliphatic heterocycles. The predicted molar refractivity (Wildman–Crippen MR) is 229 cm³/mol. The quantitative estimate of drug-likeness (QED) is 0.175.